The predicted octanol–water partition coefficient (Wildman–Crippen LogP) is 4.66. The molecular formula is C22H26ClN3O4. The van der Waals surface area contributed by atoms with Gasteiger partial charge in [0, 0.05) is 54.9 Å². The number of nitrogens with zero attached hydrogens (tertiary/aromatic N) is 3. The number of halogens is 1. The second kappa shape index (κ2) is 9.91. The Hall–Kier alpha value is -2.64. The van der Waals surface area contributed by atoms with E-state index >= 15 is 0 Å². The molecular weight excluding hydrogens is 406 g/mol. The maximum Gasteiger partial charge on any atom is 0.269 e. The zero-order chi connectivity index (χ0) is 21.7. The van der Waals surface area contributed by atoms with Crippen LogP contribution in [-0.4, -0.2) is 42.0 Å². The Morgan fingerprint density at radius 1 is 1.23 bits per heavy atom. The van der Waals surface area contributed by atoms with Gasteiger partial charge in [-0.05, 0) is 48.7 Å². The van der Waals surface area contributed by atoms with Crippen molar-refractivity contribution >= 4 is 28.9 Å². The van der Waals surface area contributed by atoms with Crippen LogP contribution < -0.4 is 9.64 Å². The van der Waals surface area contributed by atoms with Gasteiger partial charge in [0.2, 0.25) is 5.91 Å². The van der Waals surface area contributed by atoms with E-state index in [1.807, 2.05) is 36.1 Å². The zero-order valence-corrected chi connectivity index (χ0v) is 18.0. The van der Waals surface area contributed by atoms with E-state index in [1.54, 1.807) is 19.2 Å². The van der Waals surface area contributed by atoms with Crippen molar-refractivity contribution in [2.75, 3.05) is 25.1 Å². The Morgan fingerprint density at radius 3 is 2.47 bits per heavy atom. The van der Waals surface area contributed by atoms with E-state index in [-0.39, 0.29) is 17.6 Å². The highest BCUT2D eigenvalue weighted by molar-refractivity contribution is 6.31. The van der Waals surface area contributed by atoms with Gasteiger partial charge in [-0.25, -0.2) is 0 Å². The van der Waals surface area contributed by atoms with Gasteiger partial charge in [-0.1, -0.05) is 18.5 Å². The van der Waals surface area contributed by atoms with E-state index in [4.69, 9.17) is 16.3 Å². The molecule has 3 rings (SSSR count). The molecule has 2 aromatic carbocycles. The molecule has 0 atom stereocenters. The molecule has 8 heteroatoms. The summed E-state index contributed by atoms with van der Waals surface area (Å²) in [5, 5.41) is 11.6. The second-order valence-corrected chi connectivity index (χ2v) is 7.76. The summed E-state index contributed by atoms with van der Waals surface area (Å²) in [6.07, 6.45) is 2.09. The number of piperidine rings is 1. The third-order valence-electron chi connectivity index (χ3n) is 5.48. The largest absolute Gasteiger partial charge is 0.497 e. The summed E-state index contributed by atoms with van der Waals surface area (Å²) in [5.41, 5.74) is 1.67. The Morgan fingerprint density at radius 2 is 1.90 bits per heavy atom. The lowest BCUT2D eigenvalue weighted by Crippen LogP contribution is -2.47. The molecule has 1 aliphatic heterocycles. The predicted molar refractivity (Wildman–Crippen MR) is 117 cm³/mol. The number of hydrogen-bond acceptors (Lipinski definition) is 5. The molecule has 160 valence electrons. The lowest BCUT2D eigenvalue weighted by Gasteiger charge is -2.38. The molecule has 2 aromatic rings. The Kier molecular flexibility index (Phi) is 7.29. The number of hydrogen-bond donors (Lipinski definition) is 0. The highest BCUT2D eigenvalue weighted by Gasteiger charge is 2.29. The Balaban J connectivity index is 1.68. The summed E-state index contributed by atoms with van der Waals surface area (Å²) in [7, 11) is 1.62. The van der Waals surface area contributed by atoms with Gasteiger partial charge in [-0.15, -0.1) is 0 Å². The van der Waals surface area contributed by atoms with Gasteiger partial charge in [0.15, 0.2) is 0 Å². The average Bonchev–Trinajstić information content (AvgIpc) is 2.76. The fourth-order valence-corrected chi connectivity index (χ4v) is 4.02. The van der Waals surface area contributed by atoms with Crippen LogP contribution in [0.2, 0.25) is 5.02 Å². The summed E-state index contributed by atoms with van der Waals surface area (Å²) >= 11 is 6.25. The third-order valence-corrected chi connectivity index (χ3v) is 5.85. The highest BCUT2D eigenvalue weighted by atomic mass is 35.5. The van der Waals surface area contributed by atoms with E-state index in [1.165, 1.54) is 6.07 Å². The molecule has 1 aliphatic rings. The van der Waals surface area contributed by atoms with E-state index in [2.05, 4.69) is 4.90 Å². The van der Waals surface area contributed by atoms with Crippen molar-refractivity contribution in [1.29, 1.82) is 0 Å². The number of benzene rings is 2. The minimum atomic E-state index is -0.408. The number of carbonyl (C=O) groups is 1. The first-order chi connectivity index (χ1) is 14.4. The monoisotopic (exact) mass is 431 g/mol. The van der Waals surface area contributed by atoms with Gasteiger partial charge in [0.25, 0.3) is 5.69 Å². The zero-order valence-electron chi connectivity index (χ0n) is 17.2. The Labute approximate surface area is 181 Å². The van der Waals surface area contributed by atoms with Crippen molar-refractivity contribution in [2.24, 2.45) is 0 Å². The van der Waals surface area contributed by atoms with Crippen LogP contribution in [0.1, 0.15) is 31.7 Å². The Bertz CT molecular complexity index is 896. The average molecular weight is 432 g/mol. The van der Waals surface area contributed by atoms with Crippen LogP contribution in [0.5, 0.6) is 5.75 Å². The van der Waals surface area contributed by atoms with Crippen LogP contribution in [0.3, 0.4) is 0 Å². The van der Waals surface area contributed by atoms with Crippen molar-refractivity contribution in [3.8, 4) is 5.75 Å². The normalized spacial score (nSPS) is 15.0. The number of nitro benzene ring substituents is 1. The number of carbonyl (C=O) groups excluding carboxylic acids is 1. The lowest BCUT2D eigenvalue weighted by atomic mass is 10.0. The smallest absolute Gasteiger partial charge is 0.269 e. The fourth-order valence-electron chi connectivity index (χ4n) is 3.84. The summed E-state index contributed by atoms with van der Waals surface area (Å²) in [4.78, 5) is 27.4. The van der Waals surface area contributed by atoms with Crippen molar-refractivity contribution in [1.82, 2.24) is 4.90 Å². The standard InChI is InChI=1S/C22H26ClN3O4/c1-3-22(27)25(17-4-7-20(30-2)8-5-17)18-10-12-24(13-11-18)15-16-14-19(26(28)29)6-9-21(16)23/h4-9,14,18H,3,10-13,15H2,1-2H3. The first-order valence-corrected chi connectivity index (χ1v) is 10.4. The van der Waals surface area contributed by atoms with E-state index in [9.17, 15) is 14.9 Å². The number of ether oxygens (including phenoxy) is 1. The van der Waals surface area contributed by atoms with Crippen LogP contribution in [0.15, 0.2) is 42.5 Å². The minimum absolute atomic E-state index is 0.0449. The molecule has 1 amide bonds. The van der Waals surface area contributed by atoms with Crippen molar-refractivity contribution < 1.29 is 14.5 Å². The van der Waals surface area contributed by atoms with Crippen LogP contribution in [0.25, 0.3) is 0 Å². The number of rotatable bonds is 7. The first kappa shape index (κ1) is 22.1. The van der Waals surface area contributed by atoms with Crippen LogP contribution in [0, 0.1) is 10.1 Å². The molecule has 0 saturated carbocycles. The van der Waals surface area contributed by atoms with Crippen molar-refractivity contribution in [3.63, 3.8) is 0 Å². The van der Waals surface area contributed by atoms with Gasteiger partial charge in [-0.2, -0.15) is 0 Å². The van der Waals surface area contributed by atoms with Gasteiger partial charge in [0.1, 0.15) is 5.75 Å². The summed E-state index contributed by atoms with van der Waals surface area (Å²) in [5.74, 6) is 0.853. The van der Waals surface area contributed by atoms with Gasteiger partial charge < -0.3 is 9.64 Å². The summed E-state index contributed by atoms with van der Waals surface area (Å²) < 4.78 is 5.22. The van der Waals surface area contributed by atoms with E-state index in [0.717, 1.165) is 42.9 Å². The third kappa shape index (κ3) is 5.09. The fraction of sp³-hybridized carbons (Fsp3) is 0.409. The van der Waals surface area contributed by atoms with Crippen LogP contribution in [0.4, 0.5) is 11.4 Å². The topological polar surface area (TPSA) is 75.9 Å². The molecule has 7 nitrogen and oxygen atoms in total. The van der Waals surface area contributed by atoms with Crippen LogP contribution >= 0.6 is 11.6 Å². The second-order valence-electron chi connectivity index (χ2n) is 7.36. The summed E-state index contributed by atoms with van der Waals surface area (Å²) in [6.45, 7) is 4.00. The van der Waals surface area contributed by atoms with E-state index in [0.29, 0.717) is 18.0 Å². The van der Waals surface area contributed by atoms with E-state index < -0.39 is 4.92 Å². The van der Waals surface area contributed by atoms with Crippen molar-refractivity contribution in [2.45, 2.75) is 38.8 Å². The molecule has 0 aromatic heterocycles. The first-order valence-electron chi connectivity index (χ1n) is 10.0. The molecule has 1 fully saturated rings. The van der Waals surface area contributed by atoms with Gasteiger partial charge >= 0.3 is 0 Å². The highest BCUT2D eigenvalue weighted by Crippen LogP contribution is 2.29. The molecule has 0 unspecified atom stereocenters. The number of likely N-dealkylation sites (tertiary alicyclic amines) is 1. The molecule has 30 heavy (non-hydrogen) atoms. The molecule has 1 heterocycles. The number of anilines is 1. The number of methoxy groups -OCH3 is 1. The number of nitro groups is 1. The molecule has 0 radical (unpaired) electrons. The maximum atomic E-state index is 12.7. The molecule has 0 N–H and O–H groups in total. The number of non-ortho nitro benzene ring substituents is 1. The SMILES string of the molecule is CCC(=O)N(c1ccc(OC)cc1)C1CCN(Cc2cc([N+](=O)[O-])ccc2Cl)CC1. The molecule has 0 spiro atoms. The summed E-state index contributed by atoms with van der Waals surface area (Å²) in [6, 6.07) is 12.2. The number of amides is 1. The lowest BCUT2D eigenvalue weighted by molar-refractivity contribution is -0.384. The molecule has 1 saturated heterocycles. The maximum absolute atomic E-state index is 12.7. The molecule has 0 aliphatic carbocycles. The quantitative estimate of drug-likeness (QED) is 0.470. The molecule has 0 bridgehead atoms. The minimum Gasteiger partial charge on any atom is -0.497 e. The van der Waals surface area contributed by atoms with Crippen LogP contribution in [-0.2, 0) is 11.3 Å². The van der Waals surface area contributed by atoms with Crippen molar-refractivity contribution in [3.05, 3.63) is 63.2 Å². The van der Waals surface area contributed by atoms with Gasteiger partial charge in [0.05, 0.1) is 12.0 Å². The van der Waals surface area contributed by atoms with Gasteiger partial charge in [-0.3, -0.25) is 19.8 Å².